The molecule has 13 nitrogen and oxygen atoms in total. The van der Waals surface area contributed by atoms with Gasteiger partial charge in [-0.1, -0.05) is 0 Å². The zero-order valence-corrected chi connectivity index (χ0v) is 19.2. The van der Waals surface area contributed by atoms with Crippen LogP contribution in [0.4, 0.5) is 0 Å². The van der Waals surface area contributed by atoms with E-state index >= 15 is 0 Å². The molecule has 0 aromatic rings. The van der Waals surface area contributed by atoms with Crippen molar-refractivity contribution < 1.29 is 28.8 Å². The van der Waals surface area contributed by atoms with Crippen LogP contribution < -0.4 is 22.1 Å². The van der Waals surface area contributed by atoms with Crippen LogP contribution in [0.1, 0.15) is 0 Å². The van der Waals surface area contributed by atoms with Crippen LogP contribution in [0.2, 0.25) is 19.0 Å². The summed E-state index contributed by atoms with van der Waals surface area (Å²) in [4.78, 5) is 74.3. The maximum Gasteiger partial charge on any atom is 0.239 e. The molecule has 0 aromatic carbocycles. The van der Waals surface area contributed by atoms with E-state index in [9.17, 15) is 28.8 Å². The van der Waals surface area contributed by atoms with Crippen LogP contribution in [0.15, 0.2) is 0 Å². The molecule has 6 amide bonds. The third-order valence-electron chi connectivity index (χ3n) is 4.40. The lowest BCUT2D eigenvalue weighted by molar-refractivity contribution is -0.135. The fourth-order valence-electron chi connectivity index (χ4n) is 2.73. The first-order valence-electron chi connectivity index (χ1n) is 10.5. The highest BCUT2D eigenvalue weighted by atomic mass is 16.2. The summed E-state index contributed by atoms with van der Waals surface area (Å²) >= 11 is 0. The minimum Gasteiger partial charge on any atom is -0.368 e. The maximum atomic E-state index is 12.2. The zero-order chi connectivity index (χ0) is 26.1. The van der Waals surface area contributed by atoms with Gasteiger partial charge in [0, 0.05) is 39.3 Å². The van der Waals surface area contributed by atoms with Gasteiger partial charge >= 0.3 is 0 Å². The number of primary amides is 1. The quantitative estimate of drug-likeness (QED) is 0.152. The van der Waals surface area contributed by atoms with Gasteiger partial charge in [0.05, 0.1) is 43.2 Å². The van der Waals surface area contributed by atoms with Gasteiger partial charge in [0.25, 0.3) is 0 Å². The molecule has 0 aromatic heterocycles. The van der Waals surface area contributed by atoms with E-state index in [1.807, 2.05) is 0 Å². The number of amides is 6. The number of carbonyl (C=O) groups excluding carboxylic acids is 6. The highest BCUT2D eigenvalue weighted by molar-refractivity contribution is 6.20. The van der Waals surface area contributed by atoms with E-state index in [4.69, 9.17) is 35.0 Å². The van der Waals surface area contributed by atoms with Gasteiger partial charge in [-0.25, -0.2) is 0 Å². The number of carbonyl (C=O) groups is 6. The van der Waals surface area contributed by atoms with Crippen LogP contribution >= 0.6 is 0 Å². The van der Waals surface area contributed by atoms with Gasteiger partial charge in [0.2, 0.25) is 35.4 Å². The van der Waals surface area contributed by atoms with Crippen molar-refractivity contribution in [3.05, 3.63) is 0 Å². The standard InChI is InChI=1S/C18H30B3N7O6/c19-7-16(32)26(4-1-22)11-14(30)25-3-6-28(18(34)9-21)12-15(31)24-2-5-27(10-13(23)29)17(33)8-20/h1-12,22H2,(H2,23,29)(H,24,31)(H,25,30). The third kappa shape index (κ3) is 12.9. The molecule has 0 atom stereocenters. The second kappa shape index (κ2) is 17.5. The summed E-state index contributed by atoms with van der Waals surface area (Å²) in [5, 5.41) is 5.07. The summed E-state index contributed by atoms with van der Waals surface area (Å²) < 4.78 is 0. The highest BCUT2D eigenvalue weighted by Gasteiger charge is 2.18. The van der Waals surface area contributed by atoms with Crippen LogP contribution in [-0.2, 0) is 28.8 Å². The van der Waals surface area contributed by atoms with Crippen molar-refractivity contribution in [2.24, 2.45) is 11.5 Å². The van der Waals surface area contributed by atoms with Crippen LogP contribution in [0, 0.1) is 0 Å². The molecule has 6 radical (unpaired) electrons. The minimum atomic E-state index is -0.728. The Morgan fingerprint density at radius 3 is 1.29 bits per heavy atom. The average molecular weight is 473 g/mol. The summed E-state index contributed by atoms with van der Waals surface area (Å²) in [5.74, 6) is -3.23. The van der Waals surface area contributed by atoms with E-state index in [1.54, 1.807) is 0 Å². The van der Waals surface area contributed by atoms with Gasteiger partial charge in [-0.15, -0.1) is 0 Å². The second-order valence-corrected chi connectivity index (χ2v) is 7.01. The highest BCUT2D eigenvalue weighted by Crippen LogP contribution is 1.96. The third-order valence-corrected chi connectivity index (χ3v) is 4.40. The number of hydrogen-bond donors (Lipinski definition) is 4. The van der Waals surface area contributed by atoms with Crippen molar-refractivity contribution in [2.75, 3.05) is 58.9 Å². The summed E-state index contributed by atoms with van der Waals surface area (Å²) in [7, 11) is 16.0. The molecular formula is C18H30B3N7O6. The number of hydrogen-bond acceptors (Lipinski definition) is 7. The molecular weight excluding hydrogens is 443 g/mol. The smallest absolute Gasteiger partial charge is 0.239 e. The van der Waals surface area contributed by atoms with Crippen molar-refractivity contribution in [2.45, 2.75) is 19.0 Å². The van der Waals surface area contributed by atoms with Crippen molar-refractivity contribution in [1.82, 2.24) is 25.3 Å². The van der Waals surface area contributed by atoms with Gasteiger partial charge in [-0.3, -0.25) is 28.8 Å². The fourth-order valence-corrected chi connectivity index (χ4v) is 2.73. The predicted molar refractivity (Wildman–Crippen MR) is 126 cm³/mol. The molecule has 0 spiro atoms. The first-order chi connectivity index (χ1) is 16.1. The Balaban J connectivity index is 4.67. The van der Waals surface area contributed by atoms with Gasteiger partial charge in [-0.2, -0.15) is 0 Å². The molecule has 16 heteroatoms. The van der Waals surface area contributed by atoms with Crippen LogP contribution in [-0.4, -0.2) is 133 Å². The van der Waals surface area contributed by atoms with E-state index in [2.05, 4.69) is 10.6 Å². The average Bonchev–Trinajstić information content (AvgIpc) is 2.80. The molecule has 0 fully saturated rings. The number of nitrogens with zero attached hydrogens (tertiary/aromatic N) is 3. The molecule has 0 heterocycles. The Kier molecular flexibility index (Phi) is 15.9. The van der Waals surface area contributed by atoms with E-state index < -0.39 is 35.4 Å². The van der Waals surface area contributed by atoms with E-state index in [0.29, 0.717) is 0 Å². The molecule has 0 aliphatic carbocycles. The Labute approximate surface area is 202 Å². The topological polar surface area (TPSA) is 188 Å². The summed E-state index contributed by atoms with van der Waals surface area (Å²) in [6.07, 6.45) is -0.939. The van der Waals surface area contributed by atoms with Gasteiger partial charge in [0.15, 0.2) is 0 Å². The molecule has 0 bridgehead atoms. The van der Waals surface area contributed by atoms with Gasteiger partial charge in [0.1, 0.15) is 0 Å². The second-order valence-electron chi connectivity index (χ2n) is 7.01. The van der Waals surface area contributed by atoms with Crippen LogP contribution in [0.25, 0.3) is 0 Å². The lowest BCUT2D eigenvalue weighted by atomic mass is 10.0. The Morgan fingerprint density at radius 2 is 0.971 bits per heavy atom. The monoisotopic (exact) mass is 473 g/mol. The Hall–Kier alpha value is -3.03. The Morgan fingerprint density at radius 1 is 0.618 bits per heavy atom. The van der Waals surface area contributed by atoms with Crippen molar-refractivity contribution >= 4 is 59.0 Å². The van der Waals surface area contributed by atoms with E-state index in [1.165, 1.54) is 4.90 Å². The largest absolute Gasteiger partial charge is 0.368 e. The van der Waals surface area contributed by atoms with Crippen molar-refractivity contribution in [3.8, 4) is 0 Å². The van der Waals surface area contributed by atoms with Gasteiger partial charge < -0.3 is 36.8 Å². The lowest BCUT2D eigenvalue weighted by Gasteiger charge is -2.24. The van der Waals surface area contributed by atoms with E-state index in [0.717, 1.165) is 9.80 Å². The molecule has 0 rings (SSSR count). The number of rotatable bonds is 17. The first kappa shape index (κ1) is 31.0. The molecule has 0 aliphatic rings. The molecule has 34 heavy (non-hydrogen) atoms. The van der Waals surface area contributed by atoms with Gasteiger partial charge in [-0.05, 0) is 19.0 Å². The Bertz CT molecular complexity index is 728. The van der Waals surface area contributed by atoms with E-state index in [-0.39, 0.29) is 77.9 Å². The molecule has 6 N–H and O–H groups in total. The minimum absolute atomic E-state index is 0.00250. The van der Waals surface area contributed by atoms with Crippen LogP contribution in [0.3, 0.4) is 0 Å². The van der Waals surface area contributed by atoms with Crippen molar-refractivity contribution in [1.29, 1.82) is 0 Å². The molecule has 0 unspecified atom stereocenters. The first-order valence-corrected chi connectivity index (χ1v) is 10.5. The predicted octanol–water partition coefficient (Wildman–Crippen LogP) is -5.09. The lowest BCUT2D eigenvalue weighted by Crippen LogP contribution is -2.47. The molecule has 0 saturated carbocycles. The van der Waals surface area contributed by atoms with Crippen molar-refractivity contribution in [3.63, 3.8) is 0 Å². The summed E-state index contributed by atoms with van der Waals surface area (Å²) in [6, 6.07) is 0. The number of nitrogens with one attached hydrogen (secondary N) is 2. The molecule has 182 valence electrons. The molecule has 0 saturated heterocycles. The normalized spacial score (nSPS) is 10.1. The molecule has 0 aliphatic heterocycles. The summed E-state index contributed by atoms with van der Waals surface area (Å²) in [6.45, 7) is -0.651. The van der Waals surface area contributed by atoms with Crippen LogP contribution in [0.5, 0.6) is 0 Å². The fraction of sp³-hybridized carbons (Fsp3) is 0.667. The summed E-state index contributed by atoms with van der Waals surface area (Å²) in [5.41, 5.74) is 10.5. The number of nitrogens with two attached hydrogens (primary N) is 2. The maximum absolute atomic E-state index is 12.2. The SMILES string of the molecule is [B]CC(=O)N(CCNC(=O)CN(CCNC(=O)CN(CCN)C(=O)C[B])C(=O)C[B])CC(N)=O. The zero-order valence-electron chi connectivity index (χ0n) is 19.2.